The van der Waals surface area contributed by atoms with Crippen LogP contribution in [0.25, 0.3) is 6.08 Å². The highest BCUT2D eigenvalue weighted by Crippen LogP contribution is 2.07. The van der Waals surface area contributed by atoms with E-state index in [9.17, 15) is 9.59 Å². The van der Waals surface area contributed by atoms with E-state index in [4.69, 9.17) is 9.47 Å². The summed E-state index contributed by atoms with van der Waals surface area (Å²) in [4.78, 5) is 22.4. The Hall–Kier alpha value is -2.10. The zero-order valence-electron chi connectivity index (χ0n) is 11.2. The standard InChI is InChI=1S/C15H18O4/c1-3-18-14(16)10-9-12-5-7-13(8-6-12)11-15(17)19-4-2/h5-10H,3-4,11H2,1-2H3. The molecule has 1 aromatic carbocycles. The molecule has 102 valence electrons. The Morgan fingerprint density at radius 2 is 1.68 bits per heavy atom. The monoisotopic (exact) mass is 262 g/mol. The van der Waals surface area contributed by atoms with Crippen LogP contribution < -0.4 is 0 Å². The van der Waals surface area contributed by atoms with E-state index >= 15 is 0 Å². The molecular weight excluding hydrogens is 244 g/mol. The number of carbonyl (C=O) groups is 2. The first-order valence-electron chi connectivity index (χ1n) is 6.25. The van der Waals surface area contributed by atoms with E-state index in [1.54, 1.807) is 19.9 Å². The van der Waals surface area contributed by atoms with Crippen molar-refractivity contribution in [1.29, 1.82) is 0 Å². The molecule has 4 heteroatoms. The van der Waals surface area contributed by atoms with Gasteiger partial charge in [0, 0.05) is 6.08 Å². The van der Waals surface area contributed by atoms with Gasteiger partial charge in [0.05, 0.1) is 19.6 Å². The van der Waals surface area contributed by atoms with Crippen molar-refractivity contribution in [3.63, 3.8) is 0 Å². The number of rotatable bonds is 6. The Morgan fingerprint density at radius 1 is 1.05 bits per heavy atom. The molecule has 0 amide bonds. The molecule has 0 aliphatic rings. The van der Waals surface area contributed by atoms with Crippen LogP contribution in [0.3, 0.4) is 0 Å². The topological polar surface area (TPSA) is 52.6 Å². The quantitative estimate of drug-likeness (QED) is 0.583. The van der Waals surface area contributed by atoms with Gasteiger partial charge in [-0.15, -0.1) is 0 Å². The van der Waals surface area contributed by atoms with Gasteiger partial charge >= 0.3 is 11.9 Å². The molecule has 0 radical (unpaired) electrons. The molecule has 0 aliphatic carbocycles. The van der Waals surface area contributed by atoms with Crippen LogP contribution in [0.5, 0.6) is 0 Å². The highest BCUT2D eigenvalue weighted by Gasteiger charge is 2.03. The van der Waals surface area contributed by atoms with E-state index in [1.165, 1.54) is 6.08 Å². The number of esters is 2. The van der Waals surface area contributed by atoms with Crippen molar-refractivity contribution < 1.29 is 19.1 Å². The zero-order chi connectivity index (χ0) is 14.1. The number of hydrogen-bond donors (Lipinski definition) is 0. The van der Waals surface area contributed by atoms with Crippen LogP contribution in [0, 0.1) is 0 Å². The maximum Gasteiger partial charge on any atom is 0.330 e. The van der Waals surface area contributed by atoms with Crippen LogP contribution >= 0.6 is 0 Å². The molecule has 0 aromatic heterocycles. The number of ether oxygens (including phenoxy) is 2. The molecule has 0 N–H and O–H groups in total. The zero-order valence-corrected chi connectivity index (χ0v) is 11.2. The van der Waals surface area contributed by atoms with Gasteiger partial charge in [0.1, 0.15) is 0 Å². The lowest BCUT2D eigenvalue weighted by Crippen LogP contribution is -2.07. The van der Waals surface area contributed by atoms with E-state index < -0.39 is 0 Å². The molecule has 0 aliphatic heterocycles. The summed E-state index contributed by atoms with van der Waals surface area (Å²) in [6.07, 6.45) is 3.31. The van der Waals surface area contributed by atoms with Crippen LogP contribution in [0.4, 0.5) is 0 Å². The Kier molecular flexibility index (Phi) is 6.36. The summed E-state index contributed by atoms with van der Waals surface area (Å²) >= 11 is 0. The first-order chi connectivity index (χ1) is 9.15. The highest BCUT2D eigenvalue weighted by atomic mass is 16.5. The average molecular weight is 262 g/mol. The van der Waals surface area contributed by atoms with Gasteiger partial charge in [-0.2, -0.15) is 0 Å². The fourth-order valence-corrected chi connectivity index (χ4v) is 1.48. The molecule has 0 bridgehead atoms. The third-order valence-corrected chi connectivity index (χ3v) is 2.33. The largest absolute Gasteiger partial charge is 0.466 e. The summed E-state index contributed by atoms with van der Waals surface area (Å²) in [7, 11) is 0. The normalized spacial score (nSPS) is 10.4. The van der Waals surface area contributed by atoms with Gasteiger partial charge in [0.25, 0.3) is 0 Å². The third kappa shape index (κ3) is 5.86. The van der Waals surface area contributed by atoms with E-state index in [2.05, 4.69) is 0 Å². The van der Waals surface area contributed by atoms with Crippen molar-refractivity contribution >= 4 is 18.0 Å². The number of hydrogen-bond acceptors (Lipinski definition) is 4. The maximum atomic E-state index is 11.3. The minimum Gasteiger partial charge on any atom is -0.466 e. The van der Waals surface area contributed by atoms with Crippen molar-refractivity contribution in [2.24, 2.45) is 0 Å². The predicted molar refractivity (Wildman–Crippen MR) is 72.4 cm³/mol. The van der Waals surface area contributed by atoms with Gasteiger partial charge in [-0.3, -0.25) is 4.79 Å². The molecular formula is C15H18O4. The minimum absolute atomic E-state index is 0.239. The lowest BCUT2D eigenvalue weighted by Gasteiger charge is -2.02. The van der Waals surface area contributed by atoms with E-state index in [-0.39, 0.29) is 18.4 Å². The van der Waals surface area contributed by atoms with Crippen LogP contribution in [-0.2, 0) is 25.5 Å². The van der Waals surface area contributed by atoms with Crippen molar-refractivity contribution in [2.45, 2.75) is 20.3 Å². The molecule has 0 atom stereocenters. The van der Waals surface area contributed by atoms with E-state index in [0.717, 1.165) is 11.1 Å². The summed E-state index contributed by atoms with van der Waals surface area (Å²) in [5.74, 6) is -0.601. The van der Waals surface area contributed by atoms with E-state index in [1.807, 2.05) is 24.3 Å². The van der Waals surface area contributed by atoms with Gasteiger partial charge in [-0.1, -0.05) is 24.3 Å². The molecule has 0 spiro atoms. The summed E-state index contributed by atoms with van der Waals surface area (Å²) in [6.45, 7) is 4.29. The maximum absolute atomic E-state index is 11.3. The van der Waals surface area contributed by atoms with Crippen LogP contribution in [-0.4, -0.2) is 25.2 Å². The van der Waals surface area contributed by atoms with Crippen molar-refractivity contribution in [2.75, 3.05) is 13.2 Å². The average Bonchev–Trinajstić information content (AvgIpc) is 2.38. The first kappa shape index (κ1) is 15.0. The summed E-state index contributed by atoms with van der Waals surface area (Å²) < 4.78 is 9.65. The number of benzene rings is 1. The Labute approximate surface area is 113 Å². The molecule has 0 unspecified atom stereocenters. The smallest absolute Gasteiger partial charge is 0.330 e. The van der Waals surface area contributed by atoms with Gasteiger partial charge in [-0.05, 0) is 31.1 Å². The summed E-state index contributed by atoms with van der Waals surface area (Å²) in [6, 6.07) is 7.35. The Morgan fingerprint density at radius 3 is 2.26 bits per heavy atom. The van der Waals surface area contributed by atoms with Crippen LogP contribution in [0.15, 0.2) is 30.3 Å². The van der Waals surface area contributed by atoms with Crippen molar-refractivity contribution in [3.8, 4) is 0 Å². The molecule has 19 heavy (non-hydrogen) atoms. The molecule has 4 nitrogen and oxygen atoms in total. The highest BCUT2D eigenvalue weighted by molar-refractivity contribution is 5.87. The van der Waals surface area contributed by atoms with Gasteiger partial charge in [0.15, 0.2) is 0 Å². The molecule has 0 heterocycles. The number of carbonyl (C=O) groups excluding carboxylic acids is 2. The third-order valence-electron chi connectivity index (χ3n) is 2.33. The van der Waals surface area contributed by atoms with E-state index in [0.29, 0.717) is 13.2 Å². The minimum atomic E-state index is -0.363. The molecule has 1 rings (SSSR count). The molecule has 0 fully saturated rings. The lowest BCUT2D eigenvalue weighted by molar-refractivity contribution is -0.142. The van der Waals surface area contributed by atoms with Gasteiger partial charge < -0.3 is 9.47 Å². The fraction of sp³-hybridized carbons (Fsp3) is 0.333. The molecule has 0 saturated carbocycles. The second kappa shape index (κ2) is 8.08. The van der Waals surface area contributed by atoms with Crippen molar-refractivity contribution in [3.05, 3.63) is 41.5 Å². The Bertz CT molecular complexity index is 446. The predicted octanol–water partition coefficient (Wildman–Crippen LogP) is 2.37. The molecule has 0 saturated heterocycles. The second-order valence-corrected chi connectivity index (χ2v) is 3.81. The summed E-state index contributed by atoms with van der Waals surface area (Å²) in [5.41, 5.74) is 1.76. The Balaban J connectivity index is 2.56. The van der Waals surface area contributed by atoms with Crippen LogP contribution in [0.2, 0.25) is 0 Å². The second-order valence-electron chi connectivity index (χ2n) is 3.81. The fourth-order valence-electron chi connectivity index (χ4n) is 1.48. The SMILES string of the molecule is CCOC(=O)C=Cc1ccc(CC(=O)OCC)cc1. The van der Waals surface area contributed by atoms with Gasteiger partial charge in [-0.25, -0.2) is 4.79 Å². The molecule has 1 aromatic rings. The first-order valence-corrected chi connectivity index (χ1v) is 6.25. The lowest BCUT2D eigenvalue weighted by atomic mass is 10.1. The van der Waals surface area contributed by atoms with Crippen molar-refractivity contribution in [1.82, 2.24) is 0 Å². The van der Waals surface area contributed by atoms with Gasteiger partial charge in [0.2, 0.25) is 0 Å². The van der Waals surface area contributed by atoms with Crippen LogP contribution in [0.1, 0.15) is 25.0 Å². The summed E-state index contributed by atoms with van der Waals surface area (Å²) in [5, 5.41) is 0.